The lowest BCUT2D eigenvalue weighted by Crippen LogP contribution is -2.44. The average Bonchev–Trinajstić information content (AvgIpc) is 2.84. The van der Waals surface area contributed by atoms with E-state index in [-0.39, 0.29) is 5.92 Å². The van der Waals surface area contributed by atoms with E-state index < -0.39 is 11.7 Å². The van der Waals surface area contributed by atoms with Crippen LogP contribution in [0.2, 0.25) is 0 Å². The minimum Gasteiger partial charge on any atom is -0.389 e. The number of benzene rings is 1. The van der Waals surface area contributed by atoms with Crippen molar-refractivity contribution in [3.05, 3.63) is 35.9 Å². The number of aliphatic hydroxyl groups excluding tert-OH is 1. The van der Waals surface area contributed by atoms with Crippen molar-refractivity contribution in [2.24, 2.45) is 11.8 Å². The van der Waals surface area contributed by atoms with Crippen LogP contribution in [0.5, 0.6) is 0 Å². The van der Waals surface area contributed by atoms with E-state index in [0.29, 0.717) is 5.92 Å². The van der Waals surface area contributed by atoms with Gasteiger partial charge in [0, 0.05) is 0 Å². The molecule has 2 aliphatic carbocycles. The van der Waals surface area contributed by atoms with E-state index >= 15 is 0 Å². The maximum Gasteiger partial charge on any atom is 0.118 e. The maximum atomic E-state index is 10.7. The SMILES string of the molecule is O[C@@H]1[C@H]2CC[C@H](C2)[C@@]1(O)c1ccccc1. The molecule has 0 unspecified atom stereocenters. The van der Waals surface area contributed by atoms with Gasteiger partial charge < -0.3 is 10.2 Å². The van der Waals surface area contributed by atoms with Crippen molar-refractivity contribution in [2.75, 3.05) is 0 Å². The molecule has 3 rings (SSSR count). The Balaban J connectivity index is 2.04. The molecule has 2 N–H and O–H groups in total. The van der Waals surface area contributed by atoms with Crippen molar-refractivity contribution < 1.29 is 10.2 Å². The molecule has 80 valence electrons. The Bertz CT molecular complexity index is 358. The molecule has 0 aromatic heterocycles. The summed E-state index contributed by atoms with van der Waals surface area (Å²) in [6, 6.07) is 9.62. The molecule has 1 aromatic rings. The molecule has 0 saturated heterocycles. The lowest BCUT2D eigenvalue weighted by molar-refractivity contribution is -0.114. The lowest BCUT2D eigenvalue weighted by Gasteiger charge is -2.37. The molecule has 1 aromatic carbocycles. The summed E-state index contributed by atoms with van der Waals surface area (Å²) in [7, 11) is 0. The highest BCUT2D eigenvalue weighted by molar-refractivity contribution is 5.28. The van der Waals surface area contributed by atoms with E-state index in [1.807, 2.05) is 30.3 Å². The van der Waals surface area contributed by atoms with Crippen LogP contribution in [-0.4, -0.2) is 16.3 Å². The Hall–Kier alpha value is -0.860. The topological polar surface area (TPSA) is 40.5 Å². The van der Waals surface area contributed by atoms with Crippen LogP contribution in [0.15, 0.2) is 30.3 Å². The van der Waals surface area contributed by atoms with Crippen LogP contribution in [0.3, 0.4) is 0 Å². The molecule has 2 aliphatic rings. The summed E-state index contributed by atoms with van der Waals surface area (Å²) >= 11 is 0. The van der Waals surface area contributed by atoms with Crippen molar-refractivity contribution in [1.82, 2.24) is 0 Å². The van der Waals surface area contributed by atoms with Gasteiger partial charge in [0.15, 0.2) is 0 Å². The van der Waals surface area contributed by atoms with Gasteiger partial charge in [0.1, 0.15) is 5.60 Å². The van der Waals surface area contributed by atoms with Crippen LogP contribution >= 0.6 is 0 Å². The number of hydrogen-bond donors (Lipinski definition) is 2. The van der Waals surface area contributed by atoms with E-state index in [2.05, 4.69) is 0 Å². The van der Waals surface area contributed by atoms with Crippen molar-refractivity contribution in [1.29, 1.82) is 0 Å². The van der Waals surface area contributed by atoms with Crippen molar-refractivity contribution in [3.63, 3.8) is 0 Å². The van der Waals surface area contributed by atoms with Crippen molar-refractivity contribution in [2.45, 2.75) is 31.0 Å². The van der Waals surface area contributed by atoms with Crippen LogP contribution < -0.4 is 0 Å². The largest absolute Gasteiger partial charge is 0.389 e. The first-order valence-corrected chi connectivity index (χ1v) is 5.69. The zero-order chi connectivity index (χ0) is 10.5. The van der Waals surface area contributed by atoms with Gasteiger partial charge in [0.05, 0.1) is 6.10 Å². The van der Waals surface area contributed by atoms with Gasteiger partial charge >= 0.3 is 0 Å². The summed E-state index contributed by atoms with van der Waals surface area (Å²) < 4.78 is 0. The second kappa shape index (κ2) is 3.06. The summed E-state index contributed by atoms with van der Waals surface area (Å²) in [5.74, 6) is 0.556. The number of aliphatic hydroxyl groups is 2. The predicted molar refractivity (Wildman–Crippen MR) is 57.2 cm³/mol. The number of rotatable bonds is 1. The Morgan fingerprint density at radius 3 is 2.47 bits per heavy atom. The molecule has 2 fully saturated rings. The molecule has 2 heteroatoms. The van der Waals surface area contributed by atoms with Crippen LogP contribution in [0, 0.1) is 11.8 Å². The third-order valence-corrected chi connectivity index (χ3v) is 4.23. The van der Waals surface area contributed by atoms with Crippen molar-refractivity contribution in [3.8, 4) is 0 Å². The van der Waals surface area contributed by atoms with Gasteiger partial charge in [-0.3, -0.25) is 0 Å². The fourth-order valence-electron chi connectivity index (χ4n) is 3.42. The second-order valence-corrected chi connectivity index (χ2v) is 4.91. The Kier molecular flexibility index (Phi) is 1.91. The van der Waals surface area contributed by atoms with Crippen molar-refractivity contribution >= 4 is 0 Å². The molecule has 0 heterocycles. The van der Waals surface area contributed by atoms with Gasteiger partial charge in [-0.25, -0.2) is 0 Å². The van der Waals surface area contributed by atoms with Gasteiger partial charge in [-0.15, -0.1) is 0 Å². The minimum absolute atomic E-state index is 0.250. The lowest BCUT2D eigenvalue weighted by atomic mass is 9.77. The van der Waals surface area contributed by atoms with E-state index in [1.54, 1.807) is 0 Å². The molecule has 0 spiro atoms. The molecule has 2 bridgehead atoms. The molecule has 2 nitrogen and oxygen atoms in total. The molecule has 0 radical (unpaired) electrons. The maximum absolute atomic E-state index is 10.7. The van der Waals surface area contributed by atoms with Gasteiger partial charge in [-0.1, -0.05) is 30.3 Å². The summed E-state index contributed by atoms with van der Waals surface area (Å²) in [5.41, 5.74) is -0.103. The summed E-state index contributed by atoms with van der Waals surface area (Å²) in [4.78, 5) is 0. The fourth-order valence-corrected chi connectivity index (χ4v) is 3.42. The second-order valence-electron chi connectivity index (χ2n) is 4.91. The highest BCUT2D eigenvalue weighted by atomic mass is 16.3. The Morgan fingerprint density at radius 1 is 1.13 bits per heavy atom. The number of fused-ring (bicyclic) bond motifs is 2. The fraction of sp³-hybridized carbons (Fsp3) is 0.538. The molecule has 0 amide bonds. The third-order valence-electron chi connectivity index (χ3n) is 4.23. The summed E-state index contributed by atoms with van der Waals surface area (Å²) in [5, 5.41) is 20.8. The first-order valence-electron chi connectivity index (χ1n) is 5.69. The van der Waals surface area contributed by atoms with E-state index in [0.717, 1.165) is 24.8 Å². The van der Waals surface area contributed by atoms with E-state index in [1.165, 1.54) is 0 Å². The molecule has 4 atom stereocenters. The van der Waals surface area contributed by atoms with Gasteiger partial charge in [0.2, 0.25) is 0 Å². The first kappa shape index (κ1) is 9.37. The van der Waals surface area contributed by atoms with E-state index in [9.17, 15) is 10.2 Å². The predicted octanol–water partition coefficient (Wildman–Crippen LogP) is 1.66. The number of hydrogen-bond acceptors (Lipinski definition) is 2. The monoisotopic (exact) mass is 204 g/mol. The Morgan fingerprint density at radius 2 is 1.87 bits per heavy atom. The normalized spacial score (nSPS) is 43.5. The first-order chi connectivity index (χ1) is 7.23. The molecule has 2 saturated carbocycles. The zero-order valence-corrected chi connectivity index (χ0v) is 8.63. The van der Waals surface area contributed by atoms with Gasteiger partial charge in [-0.2, -0.15) is 0 Å². The van der Waals surface area contributed by atoms with Crippen LogP contribution in [0.4, 0.5) is 0 Å². The van der Waals surface area contributed by atoms with Crippen LogP contribution in [-0.2, 0) is 5.60 Å². The summed E-state index contributed by atoms with van der Waals surface area (Å²) in [6.45, 7) is 0. The minimum atomic E-state index is -0.982. The molecular weight excluding hydrogens is 188 g/mol. The van der Waals surface area contributed by atoms with Gasteiger partial charge in [-0.05, 0) is 36.7 Å². The Labute approximate surface area is 89.6 Å². The zero-order valence-electron chi connectivity index (χ0n) is 8.63. The van der Waals surface area contributed by atoms with Crippen LogP contribution in [0.25, 0.3) is 0 Å². The molecular formula is C13H16O2. The smallest absolute Gasteiger partial charge is 0.118 e. The highest BCUT2D eigenvalue weighted by Gasteiger charge is 2.57. The average molecular weight is 204 g/mol. The molecule has 15 heavy (non-hydrogen) atoms. The van der Waals surface area contributed by atoms with E-state index in [4.69, 9.17) is 0 Å². The molecule has 0 aliphatic heterocycles. The van der Waals surface area contributed by atoms with Gasteiger partial charge in [0.25, 0.3) is 0 Å². The summed E-state index contributed by atoms with van der Waals surface area (Å²) in [6.07, 6.45) is 2.53. The third kappa shape index (κ3) is 1.12. The quantitative estimate of drug-likeness (QED) is 0.730. The standard InChI is InChI=1S/C13H16O2/c14-12-9-6-7-11(8-9)13(12,15)10-4-2-1-3-5-10/h1-5,9,11-12,14-15H,6-8H2/t9-,11+,12+,13-/m0/s1. The highest BCUT2D eigenvalue weighted by Crippen LogP contribution is 2.55. The van der Waals surface area contributed by atoms with Crippen LogP contribution in [0.1, 0.15) is 24.8 Å².